The van der Waals surface area contributed by atoms with Gasteiger partial charge in [0.25, 0.3) is 0 Å². The third-order valence-electron chi connectivity index (χ3n) is 2.91. The van der Waals surface area contributed by atoms with Gasteiger partial charge in [-0.05, 0) is 30.3 Å². The van der Waals surface area contributed by atoms with E-state index < -0.39 is 6.10 Å². The van der Waals surface area contributed by atoms with E-state index in [0.717, 1.165) is 0 Å². The van der Waals surface area contributed by atoms with Gasteiger partial charge in [0.05, 0.1) is 5.69 Å². The lowest BCUT2D eigenvalue weighted by Gasteiger charge is -2.07. The van der Waals surface area contributed by atoms with E-state index in [9.17, 15) is 9.50 Å². The van der Waals surface area contributed by atoms with Gasteiger partial charge in [-0.3, -0.25) is 4.68 Å². The Bertz CT molecular complexity index is 702. The smallest absolute Gasteiger partial charge is 0.153 e. The first-order valence-corrected chi connectivity index (χ1v) is 5.50. The van der Waals surface area contributed by atoms with E-state index in [1.807, 2.05) is 0 Å². The molecule has 0 fully saturated rings. The minimum absolute atomic E-state index is 0.329. The van der Waals surface area contributed by atoms with Crippen molar-refractivity contribution in [2.24, 2.45) is 7.05 Å². The molecule has 1 unspecified atom stereocenters. The van der Waals surface area contributed by atoms with Crippen molar-refractivity contribution >= 4 is 11.0 Å². The van der Waals surface area contributed by atoms with E-state index in [1.54, 1.807) is 36.1 Å². The van der Waals surface area contributed by atoms with Crippen molar-refractivity contribution in [2.75, 3.05) is 0 Å². The molecule has 0 radical (unpaired) electrons. The van der Waals surface area contributed by atoms with Crippen LogP contribution in [-0.2, 0) is 7.05 Å². The van der Waals surface area contributed by atoms with Crippen molar-refractivity contribution < 1.29 is 13.9 Å². The van der Waals surface area contributed by atoms with Gasteiger partial charge in [0.2, 0.25) is 0 Å². The first-order chi connectivity index (χ1) is 8.65. The molecule has 1 aromatic carbocycles. The molecule has 0 amide bonds. The fraction of sp³-hybridized carbons (Fsp3) is 0.154. The molecule has 2 heterocycles. The molecule has 1 N–H and O–H groups in total. The summed E-state index contributed by atoms with van der Waals surface area (Å²) in [5.41, 5.74) is 1.17. The number of aliphatic hydroxyl groups excluding tert-OH is 1. The molecule has 0 saturated heterocycles. The lowest BCUT2D eigenvalue weighted by atomic mass is 10.2. The van der Waals surface area contributed by atoms with Gasteiger partial charge in [-0.15, -0.1) is 0 Å². The number of aromatic nitrogens is 2. The highest BCUT2D eigenvalue weighted by Gasteiger charge is 2.18. The summed E-state index contributed by atoms with van der Waals surface area (Å²) in [6.07, 6.45) is 0.689. The zero-order chi connectivity index (χ0) is 12.7. The number of rotatable bonds is 2. The third kappa shape index (κ3) is 1.69. The Kier molecular flexibility index (Phi) is 2.41. The molecule has 1 atom stereocenters. The number of nitrogens with zero attached hydrogens (tertiary/aromatic N) is 2. The summed E-state index contributed by atoms with van der Waals surface area (Å²) in [6, 6.07) is 7.59. The van der Waals surface area contributed by atoms with E-state index in [4.69, 9.17) is 4.42 Å². The predicted molar refractivity (Wildman–Crippen MR) is 63.4 cm³/mol. The summed E-state index contributed by atoms with van der Waals surface area (Å²) in [5.74, 6) is 0.0454. The zero-order valence-electron chi connectivity index (χ0n) is 9.67. The van der Waals surface area contributed by atoms with Crippen LogP contribution in [0.2, 0.25) is 0 Å². The van der Waals surface area contributed by atoms with Crippen LogP contribution < -0.4 is 0 Å². The Morgan fingerprint density at radius 3 is 2.89 bits per heavy atom. The van der Waals surface area contributed by atoms with E-state index in [2.05, 4.69) is 5.10 Å². The Balaban J connectivity index is 2.07. The van der Waals surface area contributed by atoms with Gasteiger partial charge in [0, 0.05) is 18.6 Å². The van der Waals surface area contributed by atoms with Crippen LogP contribution in [0.15, 0.2) is 40.9 Å². The Morgan fingerprint density at radius 1 is 1.33 bits per heavy atom. The van der Waals surface area contributed by atoms with Crippen molar-refractivity contribution in [3.8, 4) is 0 Å². The van der Waals surface area contributed by atoms with Gasteiger partial charge in [-0.25, -0.2) is 4.39 Å². The number of benzene rings is 1. The van der Waals surface area contributed by atoms with Crippen LogP contribution in [0.3, 0.4) is 0 Å². The number of aryl methyl sites for hydroxylation is 1. The molecule has 5 heteroatoms. The van der Waals surface area contributed by atoms with E-state index in [-0.39, 0.29) is 5.82 Å². The molecule has 0 spiro atoms. The molecular formula is C13H11FN2O2. The van der Waals surface area contributed by atoms with Gasteiger partial charge in [-0.1, -0.05) is 0 Å². The van der Waals surface area contributed by atoms with Crippen LogP contribution in [0.25, 0.3) is 11.0 Å². The van der Waals surface area contributed by atoms with Crippen LogP contribution in [0, 0.1) is 5.82 Å². The summed E-state index contributed by atoms with van der Waals surface area (Å²) in [7, 11) is 1.74. The fourth-order valence-corrected chi connectivity index (χ4v) is 1.97. The first kappa shape index (κ1) is 11.0. The Morgan fingerprint density at radius 2 is 2.17 bits per heavy atom. The number of aliphatic hydroxyl groups is 1. The number of fused-ring (bicyclic) bond motifs is 1. The van der Waals surface area contributed by atoms with Crippen molar-refractivity contribution in [3.63, 3.8) is 0 Å². The quantitative estimate of drug-likeness (QED) is 0.755. The molecule has 3 aromatic rings. The number of hydrogen-bond donors (Lipinski definition) is 1. The molecule has 0 saturated carbocycles. The zero-order valence-corrected chi connectivity index (χ0v) is 9.67. The number of halogens is 1. The minimum Gasteiger partial charge on any atom is -0.458 e. The minimum atomic E-state index is -0.909. The second kappa shape index (κ2) is 3.96. The van der Waals surface area contributed by atoms with E-state index >= 15 is 0 Å². The second-order valence-corrected chi connectivity index (χ2v) is 4.11. The van der Waals surface area contributed by atoms with Crippen molar-refractivity contribution in [1.82, 2.24) is 9.78 Å². The maximum atomic E-state index is 13.1. The van der Waals surface area contributed by atoms with Gasteiger partial charge < -0.3 is 9.52 Å². The maximum absolute atomic E-state index is 13.1. The van der Waals surface area contributed by atoms with Crippen molar-refractivity contribution in [1.29, 1.82) is 0 Å². The standard InChI is InChI=1S/C13H11FN2O2/c1-16-10(4-5-15-16)13(17)12-7-8-6-9(14)2-3-11(8)18-12/h2-7,13,17H,1H3. The molecule has 0 aliphatic heterocycles. The summed E-state index contributed by atoms with van der Waals surface area (Å²) >= 11 is 0. The first-order valence-electron chi connectivity index (χ1n) is 5.50. The topological polar surface area (TPSA) is 51.2 Å². The molecule has 4 nitrogen and oxygen atoms in total. The van der Waals surface area contributed by atoms with E-state index in [1.165, 1.54) is 12.1 Å². The van der Waals surface area contributed by atoms with E-state index in [0.29, 0.717) is 22.4 Å². The van der Waals surface area contributed by atoms with Crippen LogP contribution in [0.5, 0.6) is 0 Å². The number of furan rings is 1. The molecular weight excluding hydrogens is 235 g/mol. The van der Waals surface area contributed by atoms with Gasteiger partial charge in [0.1, 0.15) is 17.2 Å². The third-order valence-corrected chi connectivity index (χ3v) is 2.91. The van der Waals surface area contributed by atoms with Gasteiger partial charge in [-0.2, -0.15) is 5.10 Å². The monoisotopic (exact) mass is 246 g/mol. The normalized spacial score (nSPS) is 13.1. The van der Waals surface area contributed by atoms with Crippen molar-refractivity contribution in [3.05, 3.63) is 53.8 Å². The Labute approximate surface area is 102 Å². The van der Waals surface area contributed by atoms with Crippen LogP contribution in [0.4, 0.5) is 4.39 Å². The average molecular weight is 246 g/mol. The highest BCUT2D eigenvalue weighted by atomic mass is 19.1. The summed E-state index contributed by atoms with van der Waals surface area (Å²) in [6.45, 7) is 0. The lowest BCUT2D eigenvalue weighted by molar-refractivity contribution is 0.183. The van der Waals surface area contributed by atoms with Gasteiger partial charge in [0.15, 0.2) is 6.10 Å². The summed E-state index contributed by atoms with van der Waals surface area (Å²) < 4.78 is 20.1. The number of hydrogen-bond acceptors (Lipinski definition) is 3. The highest BCUT2D eigenvalue weighted by molar-refractivity contribution is 5.78. The molecule has 3 rings (SSSR count). The molecule has 18 heavy (non-hydrogen) atoms. The van der Waals surface area contributed by atoms with Crippen molar-refractivity contribution in [2.45, 2.75) is 6.10 Å². The van der Waals surface area contributed by atoms with Crippen LogP contribution >= 0.6 is 0 Å². The van der Waals surface area contributed by atoms with Crippen LogP contribution in [0.1, 0.15) is 17.6 Å². The molecule has 0 aliphatic rings. The lowest BCUT2D eigenvalue weighted by Crippen LogP contribution is -2.05. The average Bonchev–Trinajstić information content (AvgIpc) is 2.93. The molecule has 92 valence electrons. The molecule has 0 bridgehead atoms. The highest BCUT2D eigenvalue weighted by Crippen LogP contribution is 2.28. The fourth-order valence-electron chi connectivity index (χ4n) is 1.97. The second-order valence-electron chi connectivity index (χ2n) is 4.11. The summed E-state index contributed by atoms with van der Waals surface area (Å²) in [4.78, 5) is 0. The SMILES string of the molecule is Cn1nccc1C(O)c1cc2cc(F)ccc2o1. The predicted octanol–water partition coefficient (Wildman–Crippen LogP) is 2.39. The Hall–Kier alpha value is -2.14. The summed E-state index contributed by atoms with van der Waals surface area (Å²) in [5, 5.41) is 14.8. The van der Waals surface area contributed by atoms with Gasteiger partial charge >= 0.3 is 0 Å². The molecule has 0 aliphatic carbocycles. The largest absolute Gasteiger partial charge is 0.458 e. The maximum Gasteiger partial charge on any atom is 0.153 e. The molecule has 2 aromatic heterocycles. The van der Waals surface area contributed by atoms with Crippen LogP contribution in [-0.4, -0.2) is 14.9 Å².